The lowest BCUT2D eigenvalue weighted by molar-refractivity contribution is -0.126. The van der Waals surface area contributed by atoms with Gasteiger partial charge in [0.15, 0.2) is 5.82 Å². The number of amides is 2. The summed E-state index contributed by atoms with van der Waals surface area (Å²) in [7, 11) is -4.64. The Kier molecular flexibility index (Phi) is 14.6. The Morgan fingerprint density at radius 2 is 1.84 bits per heavy atom. The van der Waals surface area contributed by atoms with Crippen LogP contribution in [0.4, 0.5) is 4.79 Å². The van der Waals surface area contributed by atoms with Gasteiger partial charge in [-0.3, -0.25) is 4.79 Å². The molecule has 8 N–H and O–H groups in total. The Morgan fingerprint density at radius 3 is 2.45 bits per heavy atom. The molecule has 2 aromatic rings. The van der Waals surface area contributed by atoms with E-state index >= 15 is 0 Å². The fourth-order valence-corrected chi connectivity index (χ4v) is 2.72. The molecule has 0 spiro atoms. The van der Waals surface area contributed by atoms with Crippen LogP contribution in [-0.4, -0.2) is 83.9 Å². The van der Waals surface area contributed by atoms with Crippen molar-refractivity contribution in [3.8, 4) is 0 Å². The number of carbonyl (C=O) groups excluding carboxylic acids is 2. The lowest BCUT2D eigenvalue weighted by Gasteiger charge is -2.23. The molecule has 0 unspecified atom stereocenters. The Balaban J connectivity index is 0.00000132. The van der Waals surface area contributed by atoms with Gasteiger partial charge in [-0.25, -0.2) is 14.0 Å². The van der Waals surface area contributed by atoms with Gasteiger partial charge in [0, 0.05) is 13.2 Å². The second kappa shape index (κ2) is 16.8. The molecular formula is C21H36N7O9P. The van der Waals surface area contributed by atoms with E-state index in [9.17, 15) is 9.59 Å². The molecule has 2 amide bonds. The quantitative estimate of drug-likeness (QED) is 0.112. The molecule has 17 heteroatoms. The second-order valence-electron chi connectivity index (χ2n) is 8.52. The van der Waals surface area contributed by atoms with Crippen LogP contribution in [0.5, 0.6) is 0 Å². The van der Waals surface area contributed by atoms with Crippen LogP contribution in [0, 0.1) is 0 Å². The van der Waals surface area contributed by atoms with Crippen LogP contribution >= 0.6 is 7.82 Å². The molecule has 1 aromatic heterocycles. The molecule has 0 aliphatic rings. The van der Waals surface area contributed by atoms with Gasteiger partial charge in [-0.05, 0) is 42.7 Å². The summed E-state index contributed by atoms with van der Waals surface area (Å²) in [6.45, 7) is 4.36. The third-order valence-corrected chi connectivity index (χ3v) is 4.55. The highest BCUT2D eigenvalue weighted by atomic mass is 31.2. The standard InChI is InChI=1S/C21H33N7O5.H3O4P/c1-21(2,22)19(30)24-17(15-32-14-16-8-4-3-5-9-16)18-25-26-27-28(18)11-13-33-20(31)23-10-6-7-12-29;1-5(2,3)4/h3-5,8-9,17,29H,6-7,10-15,22H2,1-2H3,(H,23,31)(H,24,30);(H3,1,2,3,4)/t17-;/m1./s1. The average molecular weight is 562 g/mol. The van der Waals surface area contributed by atoms with E-state index < -0.39 is 25.5 Å². The number of hydrogen-bond donors (Lipinski definition) is 7. The molecule has 1 aromatic carbocycles. The minimum Gasteiger partial charge on any atom is -0.448 e. The number of alkyl carbamates (subject to hydrolysis) is 1. The number of aliphatic hydroxyl groups is 1. The maximum Gasteiger partial charge on any atom is 0.466 e. The predicted molar refractivity (Wildman–Crippen MR) is 133 cm³/mol. The number of nitrogens with two attached hydrogens (primary N) is 1. The van der Waals surface area contributed by atoms with Crippen LogP contribution in [0.3, 0.4) is 0 Å². The fourth-order valence-electron chi connectivity index (χ4n) is 2.72. The zero-order valence-corrected chi connectivity index (χ0v) is 22.2. The van der Waals surface area contributed by atoms with Crippen molar-refractivity contribution in [1.29, 1.82) is 0 Å². The highest BCUT2D eigenvalue weighted by Gasteiger charge is 2.28. The van der Waals surface area contributed by atoms with Crippen molar-refractivity contribution < 1.29 is 43.4 Å². The number of tetrazole rings is 1. The van der Waals surface area contributed by atoms with E-state index in [2.05, 4.69) is 26.2 Å². The minimum absolute atomic E-state index is 0.0256. The summed E-state index contributed by atoms with van der Waals surface area (Å²) in [5.74, 6) is -0.0310. The molecule has 2 rings (SSSR count). The summed E-state index contributed by atoms with van der Waals surface area (Å²) in [5, 5.41) is 25.8. The second-order valence-corrected chi connectivity index (χ2v) is 9.54. The van der Waals surface area contributed by atoms with Crippen molar-refractivity contribution >= 4 is 19.8 Å². The summed E-state index contributed by atoms with van der Waals surface area (Å²) in [6, 6.07) is 8.96. The zero-order chi connectivity index (χ0) is 28.6. The number of phosphoric acid groups is 1. The van der Waals surface area contributed by atoms with E-state index in [0.29, 0.717) is 31.8 Å². The van der Waals surface area contributed by atoms with Gasteiger partial charge in [-0.2, -0.15) is 0 Å². The molecule has 0 fully saturated rings. The van der Waals surface area contributed by atoms with Crippen LogP contribution in [0.1, 0.15) is 44.1 Å². The summed E-state index contributed by atoms with van der Waals surface area (Å²) in [5.41, 5.74) is 5.80. The lowest BCUT2D eigenvalue weighted by atomic mass is 10.1. The molecule has 1 heterocycles. The number of nitrogens with one attached hydrogen (secondary N) is 2. The summed E-state index contributed by atoms with van der Waals surface area (Å²) < 4.78 is 21.3. The van der Waals surface area contributed by atoms with Crippen molar-refractivity contribution in [1.82, 2.24) is 30.8 Å². The van der Waals surface area contributed by atoms with Gasteiger partial charge in [0.05, 0.1) is 25.3 Å². The molecule has 0 aliphatic heterocycles. The number of unbranched alkanes of at least 4 members (excludes halogenated alkanes) is 1. The van der Waals surface area contributed by atoms with Gasteiger partial charge < -0.3 is 45.6 Å². The van der Waals surface area contributed by atoms with Gasteiger partial charge in [-0.15, -0.1) is 5.10 Å². The SMILES string of the molecule is CC(C)(N)C(=O)N[C@H](COCc1ccccc1)c1nnnn1CCOC(=O)NCCCCO.O=P(O)(O)O. The van der Waals surface area contributed by atoms with E-state index in [1.807, 2.05) is 30.3 Å². The number of nitrogens with zero attached hydrogens (tertiary/aromatic N) is 4. The molecule has 0 radical (unpaired) electrons. The molecule has 0 aliphatic carbocycles. The number of hydrogen-bond acceptors (Lipinski definition) is 10. The Labute approximate surface area is 219 Å². The van der Waals surface area contributed by atoms with Crippen molar-refractivity contribution in [2.45, 2.75) is 51.4 Å². The van der Waals surface area contributed by atoms with Gasteiger partial charge >= 0.3 is 13.9 Å². The average Bonchev–Trinajstić information content (AvgIpc) is 3.28. The number of carbonyl (C=O) groups is 2. The first kappa shape index (κ1) is 33.0. The zero-order valence-electron chi connectivity index (χ0n) is 21.3. The van der Waals surface area contributed by atoms with Crippen LogP contribution in [0.15, 0.2) is 30.3 Å². The van der Waals surface area contributed by atoms with E-state index in [1.165, 1.54) is 4.68 Å². The summed E-state index contributed by atoms with van der Waals surface area (Å²) in [4.78, 5) is 45.8. The van der Waals surface area contributed by atoms with Crippen LogP contribution in [0.25, 0.3) is 0 Å². The highest BCUT2D eigenvalue weighted by Crippen LogP contribution is 2.25. The normalized spacial score (nSPS) is 12.2. The molecule has 0 saturated heterocycles. The Bertz CT molecular complexity index is 1000. The maximum absolute atomic E-state index is 12.5. The molecule has 1 atom stereocenters. The smallest absolute Gasteiger partial charge is 0.448 e. The molecule has 0 saturated carbocycles. The molecular weight excluding hydrogens is 525 g/mol. The highest BCUT2D eigenvalue weighted by molar-refractivity contribution is 7.45. The maximum atomic E-state index is 12.5. The first-order valence-corrected chi connectivity index (χ1v) is 13.1. The Hall–Kier alpha value is -2.98. The van der Waals surface area contributed by atoms with Gasteiger partial charge in [0.2, 0.25) is 5.91 Å². The third-order valence-electron chi connectivity index (χ3n) is 4.55. The monoisotopic (exact) mass is 561 g/mol. The molecule has 38 heavy (non-hydrogen) atoms. The van der Waals surface area contributed by atoms with Crippen molar-refractivity contribution in [2.24, 2.45) is 5.73 Å². The van der Waals surface area contributed by atoms with Crippen LogP contribution in [0.2, 0.25) is 0 Å². The fraction of sp³-hybridized carbons (Fsp3) is 0.571. The van der Waals surface area contributed by atoms with E-state index in [0.717, 1.165) is 5.56 Å². The van der Waals surface area contributed by atoms with Crippen LogP contribution < -0.4 is 16.4 Å². The van der Waals surface area contributed by atoms with E-state index in [-0.39, 0.29) is 32.3 Å². The largest absolute Gasteiger partial charge is 0.466 e. The van der Waals surface area contributed by atoms with Crippen molar-refractivity contribution in [3.05, 3.63) is 41.7 Å². The number of rotatable bonds is 14. The number of aliphatic hydroxyl groups excluding tert-OH is 1. The minimum atomic E-state index is -4.64. The van der Waals surface area contributed by atoms with Crippen LogP contribution in [-0.2, 0) is 32.0 Å². The first-order valence-electron chi connectivity index (χ1n) is 11.6. The molecule has 214 valence electrons. The first-order chi connectivity index (χ1) is 17.8. The van der Waals surface area contributed by atoms with Gasteiger partial charge in [0.25, 0.3) is 0 Å². The van der Waals surface area contributed by atoms with Crippen molar-refractivity contribution in [3.63, 3.8) is 0 Å². The number of aromatic nitrogens is 4. The lowest BCUT2D eigenvalue weighted by Crippen LogP contribution is -2.51. The summed E-state index contributed by atoms with van der Waals surface area (Å²) in [6.07, 6.45) is 0.696. The van der Waals surface area contributed by atoms with E-state index in [1.54, 1.807) is 13.8 Å². The third kappa shape index (κ3) is 15.3. The van der Waals surface area contributed by atoms with Gasteiger partial charge in [0.1, 0.15) is 12.6 Å². The van der Waals surface area contributed by atoms with Crippen molar-refractivity contribution in [2.75, 3.05) is 26.4 Å². The number of ether oxygens (including phenoxy) is 2. The van der Waals surface area contributed by atoms with Gasteiger partial charge in [-0.1, -0.05) is 30.3 Å². The number of benzene rings is 1. The topological polar surface area (TPSA) is 244 Å². The molecule has 16 nitrogen and oxygen atoms in total. The molecule has 0 bridgehead atoms. The van der Waals surface area contributed by atoms with E-state index in [4.69, 9.17) is 39.6 Å². The predicted octanol–water partition coefficient (Wildman–Crippen LogP) is -0.645. The summed E-state index contributed by atoms with van der Waals surface area (Å²) >= 11 is 0. The Morgan fingerprint density at radius 1 is 1.18 bits per heavy atom.